The molecule has 0 unspecified atom stereocenters. The molecule has 28 heavy (non-hydrogen) atoms. The van der Waals surface area contributed by atoms with E-state index in [1.807, 2.05) is 0 Å². The number of nitrogens with one attached hydrogen (secondary N) is 1. The number of rotatable bonds is 4. The van der Waals surface area contributed by atoms with E-state index >= 15 is 0 Å². The van der Waals surface area contributed by atoms with Crippen molar-refractivity contribution in [3.63, 3.8) is 0 Å². The van der Waals surface area contributed by atoms with Crippen molar-refractivity contribution < 1.29 is 4.79 Å². The molecule has 2 aliphatic rings. The predicted molar refractivity (Wildman–Crippen MR) is 118 cm³/mol. The largest absolute Gasteiger partial charge is 0.369 e. The third-order valence-corrected chi connectivity index (χ3v) is 6.88. The first-order valence-electron chi connectivity index (χ1n) is 11.1. The number of anilines is 1. The van der Waals surface area contributed by atoms with Crippen LogP contribution in [0.4, 0.5) is 5.69 Å². The number of benzene rings is 1. The van der Waals surface area contributed by atoms with Crippen LogP contribution in [0.25, 0.3) is 0 Å². The van der Waals surface area contributed by atoms with E-state index in [0.717, 1.165) is 32.6 Å². The van der Waals surface area contributed by atoms with Gasteiger partial charge in [0, 0.05) is 37.9 Å². The van der Waals surface area contributed by atoms with Gasteiger partial charge in [-0.2, -0.15) is 0 Å². The second-order valence-corrected chi connectivity index (χ2v) is 9.91. The quantitative estimate of drug-likeness (QED) is 0.846. The molecule has 0 spiro atoms. The number of piperazine rings is 1. The molecule has 2 atom stereocenters. The van der Waals surface area contributed by atoms with Gasteiger partial charge in [-0.3, -0.25) is 9.69 Å². The molecule has 1 N–H and O–H groups in total. The normalized spacial score (nSPS) is 24.2. The van der Waals surface area contributed by atoms with Crippen molar-refractivity contribution in [2.45, 2.75) is 66.3 Å². The smallest absolute Gasteiger partial charge is 0.234 e. The van der Waals surface area contributed by atoms with Gasteiger partial charge in [-0.1, -0.05) is 45.7 Å². The number of carbonyl (C=O) groups excluding carboxylic acids is 1. The standard InChI is InChI=1S/C24H39N3O/c1-18-9-8-12-22(19(18)2)27-15-13-26(14-16-27)17-23(28)25-21-11-7-6-10-20(21)24(3,4)5/h8-9,12,20-21H,6-7,10-11,13-17H2,1-5H3,(H,25,28)/t20-,21-/m1/s1. The zero-order valence-electron chi connectivity index (χ0n) is 18.6. The summed E-state index contributed by atoms with van der Waals surface area (Å²) in [5.41, 5.74) is 4.33. The molecular formula is C24H39N3O. The highest BCUT2D eigenvalue weighted by atomic mass is 16.2. The lowest BCUT2D eigenvalue weighted by atomic mass is 9.69. The van der Waals surface area contributed by atoms with Gasteiger partial charge in [-0.15, -0.1) is 0 Å². The zero-order chi connectivity index (χ0) is 20.3. The van der Waals surface area contributed by atoms with E-state index in [4.69, 9.17) is 0 Å². The molecule has 2 fully saturated rings. The fourth-order valence-corrected chi connectivity index (χ4v) is 5.02. The van der Waals surface area contributed by atoms with Crippen molar-refractivity contribution >= 4 is 11.6 Å². The van der Waals surface area contributed by atoms with Crippen LogP contribution in [-0.4, -0.2) is 49.6 Å². The topological polar surface area (TPSA) is 35.6 Å². The van der Waals surface area contributed by atoms with Gasteiger partial charge in [0.05, 0.1) is 6.54 Å². The summed E-state index contributed by atoms with van der Waals surface area (Å²) in [4.78, 5) is 17.5. The van der Waals surface area contributed by atoms with E-state index in [0.29, 0.717) is 18.5 Å². The summed E-state index contributed by atoms with van der Waals surface area (Å²) < 4.78 is 0. The Kier molecular flexibility index (Phi) is 6.69. The number of carbonyl (C=O) groups is 1. The highest BCUT2D eigenvalue weighted by Crippen LogP contribution is 2.38. The van der Waals surface area contributed by atoms with Gasteiger partial charge < -0.3 is 10.2 Å². The minimum absolute atomic E-state index is 0.210. The molecule has 1 amide bonds. The Labute approximate surface area is 171 Å². The van der Waals surface area contributed by atoms with Gasteiger partial charge in [-0.25, -0.2) is 0 Å². The number of nitrogens with zero attached hydrogens (tertiary/aromatic N) is 2. The van der Waals surface area contributed by atoms with E-state index < -0.39 is 0 Å². The van der Waals surface area contributed by atoms with E-state index in [-0.39, 0.29) is 11.3 Å². The van der Waals surface area contributed by atoms with Crippen LogP contribution in [0.15, 0.2) is 18.2 Å². The van der Waals surface area contributed by atoms with Crippen LogP contribution in [0.5, 0.6) is 0 Å². The van der Waals surface area contributed by atoms with Gasteiger partial charge >= 0.3 is 0 Å². The van der Waals surface area contributed by atoms with Gasteiger partial charge in [0.1, 0.15) is 0 Å². The molecule has 0 radical (unpaired) electrons. The van der Waals surface area contributed by atoms with Crippen LogP contribution in [0.3, 0.4) is 0 Å². The van der Waals surface area contributed by atoms with Crippen LogP contribution in [0.1, 0.15) is 57.6 Å². The van der Waals surface area contributed by atoms with Crippen LogP contribution < -0.4 is 10.2 Å². The van der Waals surface area contributed by atoms with Crippen LogP contribution in [-0.2, 0) is 4.79 Å². The fourth-order valence-electron chi connectivity index (χ4n) is 5.02. The average Bonchev–Trinajstić information content (AvgIpc) is 2.64. The molecular weight excluding hydrogens is 346 g/mol. The predicted octanol–water partition coefficient (Wildman–Crippen LogP) is 4.15. The first-order chi connectivity index (χ1) is 13.3. The number of hydrogen-bond acceptors (Lipinski definition) is 3. The molecule has 0 bridgehead atoms. The van der Waals surface area contributed by atoms with E-state index in [9.17, 15) is 4.79 Å². The van der Waals surface area contributed by atoms with E-state index in [2.05, 4.69) is 67.9 Å². The highest BCUT2D eigenvalue weighted by Gasteiger charge is 2.35. The first-order valence-corrected chi connectivity index (χ1v) is 11.1. The molecule has 1 saturated carbocycles. The maximum absolute atomic E-state index is 12.7. The summed E-state index contributed by atoms with van der Waals surface area (Å²) >= 11 is 0. The van der Waals surface area contributed by atoms with Gasteiger partial charge in [0.25, 0.3) is 0 Å². The minimum atomic E-state index is 0.210. The summed E-state index contributed by atoms with van der Waals surface area (Å²) in [5.74, 6) is 0.799. The molecule has 1 saturated heterocycles. The van der Waals surface area contributed by atoms with Crippen LogP contribution in [0.2, 0.25) is 0 Å². The Morgan fingerprint density at radius 3 is 2.43 bits per heavy atom. The summed E-state index contributed by atoms with van der Waals surface area (Å²) in [6.07, 6.45) is 4.91. The van der Waals surface area contributed by atoms with Crippen molar-refractivity contribution in [1.29, 1.82) is 0 Å². The molecule has 4 nitrogen and oxygen atoms in total. The van der Waals surface area contributed by atoms with Gasteiger partial charge in [0.2, 0.25) is 5.91 Å². The lowest BCUT2D eigenvalue weighted by molar-refractivity contribution is -0.124. The maximum atomic E-state index is 12.7. The summed E-state index contributed by atoms with van der Waals surface area (Å²) in [6, 6.07) is 6.89. The van der Waals surface area contributed by atoms with E-state index in [1.165, 1.54) is 36.1 Å². The van der Waals surface area contributed by atoms with Crippen molar-refractivity contribution in [2.24, 2.45) is 11.3 Å². The molecule has 3 rings (SSSR count). The zero-order valence-corrected chi connectivity index (χ0v) is 18.6. The van der Waals surface area contributed by atoms with Crippen molar-refractivity contribution in [1.82, 2.24) is 10.2 Å². The highest BCUT2D eigenvalue weighted by molar-refractivity contribution is 5.78. The fraction of sp³-hybridized carbons (Fsp3) is 0.708. The molecule has 1 aliphatic carbocycles. The first kappa shape index (κ1) is 21.2. The molecule has 0 aromatic heterocycles. The summed E-state index contributed by atoms with van der Waals surface area (Å²) in [7, 11) is 0. The monoisotopic (exact) mass is 385 g/mol. The van der Waals surface area contributed by atoms with Crippen molar-refractivity contribution in [3.8, 4) is 0 Å². The molecule has 4 heteroatoms. The Morgan fingerprint density at radius 1 is 1.07 bits per heavy atom. The number of amides is 1. The third kappa shape index (κ3) is 5.08. The number of aryl methyl sites for hydroxylation is 1. The SMILES string of the molecule is Cc1cccc(N2CCN(CC(=O)N[C@@H]3CCCC[C@H]3C(C)(C)C)CC2)c1C. The molecule has 1 aliphatic heterocycles. The number of hydrogen-bond donors (Lipinski definition) is 1. The lowest BCUT2D eigenvalue weighted by Crippen LogP contribution is -2.52. The molecule has 1 aromatic carbocycles. The van der Waals surface area contributed by atoms with Crippen LogP contribution in [0, 0.1) is 25.2 Å². The molecule has 156 valence electrons. The Morgan fingerprint density at radius 2 is 1.75 bits per heavy atom. The van der Waals surface area contributed by atoms with Gasteiger partial charge in [0.15, 0.2) is 0 Å². The third-order valence-electron chi connectivity index (χ3n) is 6.88. The van der Waals surface area contributed by atoms with E-state index in [1.54, 1.807) is 0 Å². The summed E-state index contributed by atoms with van der Waals surface area (Å²) in [5, 5.41) is 3.39. The van der Waals surface area contributed by atoms with Gasteiger partial charge in [-0.05, 0) is 55.2 Å². The Bertz CT molecular complexity index is 671. The molecule has 1 aromatic rings. The average molecular weight is 386 g/mol. The maximum Gasteiger partial charge on any atom is 0.234 e. The lowest BCUT2D eigenvalue weighted by Gasteiger charge is -2.41. The summed E-state index contributed by atoms with van der Waals surface area (Å²) in [6.45, 7) is 15.8. The molecule has 1 heterocycles. The minimum Gasteiger partial charge on any atom is -0.369 e. The Hall–Kier alpha value is -1.55. The second kappa shape index (κ2) is 8.86. The second-order valence-electron chi connectivity index (χ2n) is 9.91. The van der Waals surface area contributed by atoms with Crippen LogP contribution >= 0.6 is 0 Å². The van der Waals surface area contributed by atoms with Crippen molar-refractivity contribution in [2.75, 3.05) is 37.6 Å². The van der Waals surface area contributed by atoms with Crippen molar-refractivity contribution in [3.05, 3.63) is 29.3 Å². The Balaban J connectivity index is 1.50.